The van der Waals surface area contributed by atoms with Crippen molar-refractivity contribution >= 4 is 21.4 Å². The second kappa shape index (κ2) is 8.35. The minimum atomic E-state index is -3.82. The first-order valence-corrected chi connectivity index (χ1v) is 10.8. The molecule has 158 valence electrons. The fraction of sp³-hybridized carbons (Fsp3) is 0.238. The number of hydrogen-bond acceptors (Lipinski definition) is 5. The summed E-state index contributed by atoms with van der Waals surface area (Å²) < 4.78 is 57.9. The van der Waals surface area contributed by atoms with Crippen LogP contribution < -0.4 is 5.32 Å². The van der Waals surface area contributed by atoms with E-state index < -0.39 is 39.6 Å². The number of sulfone groups is 1. The van der Waals surface area contributed by atoms with Crippen LogP contribution in [0.1, 0.15) is 23.2 Å². The summed E-state index contributed by atoms with van der Waals surface area (Å²) in [7, 11) is -3.82. The van der Waals surface area contributed by atoms with Crippen molar-refractivity contribution in [2.75, 3.05) is 11.1 Å². The van der Waals surface area contributed by atoms with Gasteiger partial charge >= 0.3 is 0 Å². The number of aryl methyl sites for hydroxylation is 2. The Balaban J connectivity index is 1.78. The molecule has 0 saturated heterocycles. The Morgan fingerprint density at radius 2 is 1.83 bits per heavy atom. The van der Waals surface area contributed by atoms with Crippen LogP contribution in [0.5, 0.6) is 0 Å². The number of halogens is 2. The SMILES string of the molecule is Cc1ccc(-c2onc(C)c2C)cc1S(=O)(=O)CCC(=O)Nc1cc(F)ccc1F. The Labute approximate surface area is 172 Å². The molecular weight excluding hydrogens is 414 g/mol. The third kappa shape index (κ3) is 4.56. The molecule has 0 unspecified atom stereocenters. The molecule has 3 aromatic rings. The summed E-state index contributed by atoms with van der Waals surface area (Å²) >= 11 is 0. The summed E-state index contributed by atoms with van der Waals surface area (Å²) in [5.41, 5.74) is 2.24. The maximum Gasteiger partial charge on any atom is 0.225 e. The lowest BCUT2D eigenvalue weighted by Gasteiger charge is -2.10. The van der Waals surface area contributed by atoms with Crippen molar-refractivity contribution in [3.05, 3.63) is 64.9 Å². The highest BCUT2D eigenvalue weighted by atomic mass is 32.2. The van der Waals surface area contributed by atoms with E-state index in [0.29, 0.717) is 22.6 Å². The topological polar surface area (TPSA) is 89.3 Å². The fourth-order valence-corrected chi connectivity index (χ4v) is 4.44. The lowest BCUT2D eigenvalue weighted by Crippen LogP contribution is -2.18. The molecule has 0 aliphatic rings. The number of hydrogen-bond donors (Lipinski definition) is 1. The molecular formula is C21H20F2N2O4S. The van der Waals surface area contributed by atoms with Gasteiger partial charge in [-0.15, -0.1) is 0 Å². The number of aromatic nitrogens is 1. The minimum absolute atomic E-state index is 0.0678. The summed E-state index contributed by atoms with van der Waals surface area (Å²) in [4.78, 5) is 12.2. The first-order valence-electron chi connectivity index (χ1n) is 9.10. The summed E-state index contributed by atoms with van der Waals surface area (Å²) in [6.07, 6.45) is -0.414. The summed E-state index contributed by atoms with van der Waals surface area (Å²) in [6.45, 7) is 5.26. The highest BCUT2D eigenvalue weighted by molar-refractivity contribution is 7.91. The van der Waals surface area contributed by atoms with Crippen molar-refractivity contribution in [2.24, 2.45) is 0 Å². The molecule has 0 atom stereocenters. The van der Waals surface area contributed by atoms with Gasteiger partial charge in [0.1, 0.15) is 11.6 Å². The molecule has 1 aromatic heterocycles. The average Bonchev–Trinajstić information content (AvgIpc) is 3.02. The smallest absolute Gasteiger partial charge is 0.225 e. The number of anilines is 1. The number of amides is 1. The van der Waals surface area contributed by atoms with Crippen molar-refractivity contribution in [1.29, 1.82) is 0 Å². The molecule has 1 amide bonds. The summed E-state index contributed by atoms with van der Waals surface area (Å²) in [6, 6.07) is 7.51. The molecule has 0 aliphatic carbocycles. The van der Waals surface area contributed by atoms with Gasteiger partial charge in [0.15, 0.2) is 15.6 Å². The number of benzene rings is 2. The van der Waals surface area contributed by atoms with Gasteiger partial charge in [0.2, 0.25) is 5.91 Å². The number of rotatable bonds is 6. The molecule has 6 nitrogen and oxygen atoms in total. The van der Waals surface area contributed by atoms with Gasteiger partial charge in [-0.05, 0) is 44.5 Å². The highest BCUT2D eigenvalue weighted by Gasteiger charge is 2.21. The number of nitrogens with one attached hydrogen (secondary N) is 1. The highest BCUT2D eigenvalue weighted by Crippen LogP contribution is 2.29. The fourth-order valence-electron chi connectivity index (χ4n) is 2.90. The van der Waals surface area contributed by atoms with E-state index in [1.54, 1.807) is 26.0 Å². The standard InChI is InChI=1S/C21H20F2N2O4S/c1-12-4-5-15(21-13(2)14(3)25-29-21)10-19(12)30(27,28)9-8-20(26)24-18-11-16(22)6-7-17(18)23/h4-7,10-11H,8-9H2,1-3H3,(H,24,26). The van der Waals surface area contributed by atoms with Crippen LogP contribution in [-0.4, -0.2) is 25.2 Å². The quantitative estimate of drug-likeness (QED) is 0.623. The van der Waals surface area contributed by atoms with Gasteiger partial charge in [-0.1, -0.05) is 17.3 Å². The molecule has 0 fully saturated rings. The van der Waals surface area contributed by atoms with E-state index in [0.717, 1.165) is 23.8 Å². The predicted octanol–water partition coefficient (Wildman–Crippen LogP) is 4.35. The Morgan fingerprint density at radius 1 is 1.10 bits per heavy atom. The minimum Gasteiger partial charge on any atom is -0.356 e. The first-order chi connectivity index (χ1) is 14.1. The zero-order chi connectivity index (χ0) is 22.1. The zero-order valence-corrected chi connectivity index (χ0v) is 17.4. The van der Waals surface area contributed by atoms with Crippen LogP contribution in [0.4, 0.5) is 14.5 Å². The van der Waals surface area contributed by atoms with E-state index in [2.05, 4.69) is 10.5 Å². The zero-order valence-electron chi connectivity index (χ0n) is 16.6. The van der Waals surface area contributed by atoms with Crippen LogP contribution in [0.25, 0.3) is 11.3 Å². The maximum absolute atomic E-state index is 13.6. The lowest BCUT2D eigenvalue weighted by molar-refractivity contribution is -0.115. The molecule has 2 aromatic carbocycles. The molecule has 30 heavy (non-hydrogen) atoms. The summed E-state index contributed by atoms with van der Waals surface area (Å²) in [5.74, 6) is -2.28. The number of nitrogens with zero attached hydrogens (tertiary/aromatic N) is 1. The third-order valence-corrected chi connectivity index (χ3v) is 6.59. The van der Waals surface area contributed by atoms with Crippen LogP contribution in [0.2, 0.25) is 0 Å². The molecule has 0 radical (unpaired) electrons. The van der Waals surface area contributed by atoms with Gasteiger partial charge in [-0.25, -0.2) is 17.2 Å². The molecule has 0 aliphatic heterocycles. The lowest BCUT2D eigenvalue weighted by atomic mass is 10.1. The molecule has 3 rings (SSSR count). The second-order valence-corrected chi connectivity index (χ2v) is 9.02. The molecule has 0 saturated carbocycles. The second-order valence-electron chi connectivity index (χ2n) is 6.94. The van der Waals surface area contributed by atoms with Crippen LogP contribution in [0, 0.1) is 32.4 Å². The van der Waals surface area contributed by atoms with E-state index >= 15 is 0 Å². The van der Waals surface area contributed by atoms with Crippen LogP contribution in [0.15, 0.2) is 45.8 Å². The monoisotopic (exact) mass is 434 g/mol. The molecule has 0 spiro atoms. The largest absolute Gasteiger partial charge is 0.356 e. The van der Waals surface area contributed by atoms with Gasteiger partial charge in [-0.3, -0.25) is 4.79 Å². The Hall–Kier alpha value is -3.07. The Bertz CT molecular complexity index is 1220. The van der Waals surface area contributed by atoms with Crippen molar-refractivity contribution < 1.29 is 26.5 Å². The molecule has 1 N–H and O–H groups in total. The normalized spacial score (nSPS) is 11.5. The molecule has 0 bridgehead atoms. The van der Waals surface area contributed by atoms with Crippen LogP contribution >= 0.6 is 0 Å². The van der Waals surface area contributed by atoms with Crippen molar-refractivity contribution in [2.45, 2.75) is 32.1 Å². The predicted molar refractivity (Wildman–Crippen MR) is 108 cm³/mol. The van der Waals surface area contributed by atoms with Crippen molar-refractivity contribution in [1.82, 2.24) is 5.16 Å². The van der Waals surface area contributed by atoms with E-state index in [4.69, 9.17) is 4.52 Å². The van der Waals surface area contributed by atoms with Gasteiger partial charge < -0.3 is 9.84 Å². The van der Waals surface area contributed by atoms with Crippen molar-refractivity contribution in [3.8, 4) is 11.3 Å². The number of carbonyl (C=O) groups excluding carboxylic acids is 1. The number of carbonyl (C=O) groups is 1. The molecule has 9 heteroatoms. The van der Waals surface area contributed by atoms with E-state index in [-0.39, 0.29) is 10.6 Å². The Kier molecular flexibility index (Phi) is 6.02. The first kappa shape index (κ1) is 21.6. The average molecular weight is 434 g/mol. The molecule has 1 heterocycles. The maximum atomic E-state index is 13.6. The van der Waals surface area contributed by atoms with E-state index in [1.807, 2.05) is 6.92 Å². The van der Waals surface area contributed by atoms with Gasteiger partial charge in [0.25, 0.3) is 0 Å². The third-order valence-electron chi connectivity index (χ3n) is 4.74. The van der Waals surface area contributed by atoms with E-state index in [9.17, 15) is 22.0 Å². The van der Waals surface area contributed by atoms with E-state index in [1.165, 1.54) is 6.07 Å². The Morgan fingerprint density at radius 3 is 2.50 bits per heavy atom. The van der Waals surface area contributed by atoms with Gasteiger partial charge in [0.05, 0.1) is 22.0 Å². The summed E-state index contributed by atoms with van der Waals surface area (Å²) in [5, 5.41) is 6.08. The van der Waals surface area contributed by atoms with Crippen molar-refractivity contribution in [3.63, 3.8) is 0 Å². The van der Waals surface area contributed by atoms with Gasteiger partial charge in [0, 0.05) is 23.6 Å². The van der Waals surface area contributed by atoms with Gasteiger partial charge in [-0.2, -0.15) is 0 Å². The van der Waals surface area contributed by atoms with Crippen LogP contribution in [-0.2, 0) is 14.6 Å². The van der Waals surface area contributed by atoms with Crippen LogP contribution in [0.3, 0.4) is 0 Å².